The van der Waals surface area contributed by atoms with E-state index in [0.717, 1.165) is 43.9 Å². The molecule has 0 aliphatic carbocycles. The number of rotatable bonds is 3. The summed E-state index contributed by atoms with van der Waals surface area (Å²) in [5.41, 5.74) is 0.496. The van der Waals surface area contributed by atoms with Gasteiger partial charge in [-0.2, -0.15) is 0 Å². The molecule has 2 saturated heterocycles. The maximum absolute atomic E-state index is 13.1. The van der Waals surface area contributed by atoms with Crippen molar-refractivity contribution in [3.8, 4) is 0 Å². The highest BCUT2D eigenvalue weighted by molar-refractivity contribution is 7.09. The number of carbonyl (C=O) groups excluding carboxylic acids is 1. The molecule has 0 spiro atoms. The molecule has 126 valence electrons. The minimum atomic E-state index is -0.00209. The summed E-state index contributed by atoms with van der Waals surface area (Å²) in [5, 5.41) is 3.00. The van der Waals surface area contributed by atoms with Crippen LogP contribution >= 0.6 is 11.3 Å². The molecule has 24 heavy (non-hydrogen) atoms. The van der Waals surface area contributed by atoms with Crippen LogP contribution in [0.4, 0.5) is 5.95 Å². The molecule has 4 rings (SSSR count). The lowest BCUT2D eigenvalue weighted by Gasteiger charge is -2.34. The molecule has 2 fully saturated rings. The van der Waals surface area contributed by atoms with E-state index in [1.54, 1.807) is 23.6 Å². The minimum absolute atomic E-state index is 0.00209. The predicted octanol–water partition coefficient (Wildman–Crippen LogP) is 2.90. The van der Waals surface area contributed by atoms with Gasteiger partial charge in [-0.1, -0.05) is 0 Å². The van der Waals surface area contributed by atoms with Crippen LogP contribution in [0.3, 0.4) is 0 Å². The van der Waals surface area contributed by atoms with Crippen LogP contribution in [0.25, 0.3) is 0 Å². The van der Waals surface area contributed by atoms with Gasteiger partial charge < -0.3 is 9.80 Å². The molecule has 2 aromatic rings. The summed E-state index contributed by atoms with van der Waals surface area (Å²) in [6.07, 6.45) is 9.00. The average molecular weight is 343 g/mol. The summed E-state index contributed by atoms with van der Waals surface area (Å²) in [5.74, 6) is 0.680. The zero-order valence-corrected chi connectivity index (χ0v) is 14.4. The Labute approximate surface area is 145 Å². The standard InChI is InChI=1S/C17H21N5OS/c23-16(13-6-7-19-17(20-13)21-9-3-4-10-21)22-11-2-1-5-14(22)15-18-8-12-24-15/h6-8,12,14H,1-5,9-11H2/t14-/m1/s1. The lowest BCUT2D eigenvalue weighted by atomic mass is 10.0. The van der Waals surface area contributed by atoms with E-state index in [4.69, 9.17) is 0 Å². The van der Waals surface area contributed by atoms with Crippen LogP contribution in [0, 0.1) is 0 Å². The van der Waals surface area contributed by atoms with Gasteiger partial charge in [0, 0.05) is 37.4 Å². The van der Waals surface area contributed by atoms with Crippen molar-refractivity contribution in [3.63, 3.8) is 0 Å². The molecule has 7 heteroatoms. The average Bonchev–Trinajstić information content (AvgIpc) is 3.35. The topological polar surface area (TPSA) is 62.2 Å². The van der Waals surface area contributed by atoms with Crippen molar-refractivity contribution < 1.29 is 4.79 Å². The zero-order valence-electron chi connectivity index (χ0n) is 13.6. The number of hydrogen-bond acceptors (Lipinski definition) is 6. The Morgan fingerprint density at radius 3 is 2.71 bits per heavy atom. The van der Waals surface area contributed by atoms with Crippen LogP contribution in [-0.2, 0) is 0 Å². The highest BCUT2D eigenvalue weighted by Gasteiger charge is 2.31. The van der Waals surface area contributed by atoms with Gasteiger partial charge >= 0.3 is 0 Å². The third-order valence-corrected chi connectivity index (χ3v) is 5.63. The summed E-state index contributed by atoms with van der Waals surface area (Å²) in [6.45, 7) is 2.72. The number of anilines is 1. The quantitative estimate of drug-likeness (QED) is 0.857. The molecular formula is C17H21N5OS. The number of likely N-dealkylation sites (tertiary alicyclic amines) is 1. The van der Waals surface area contributed by atoms with E-state index in [2.05, 4.69) is 19.9 Å². The molecule has 0 aromatic carbocycles. The molecule has 0 bridgehead atoms. The van der Waals surface area contributed by atoms with Crippen molar-refractivity contribution >= 4 is 23.2 Å². The fourth-order valence-electron chi connectivity index (χ4n) is 3.51. The molecular weight excluding hydrogens is 322 g/mol. The second-order valence-corrected chi connectivity index (χ2v) is 7.24. The summed E-state index contributed by atoms with van der Waals surface area (Å²) in [6, 6.07) is 1.81. The molecule has 2 aliphatic heterocycles. The van der Waals surface area contributed by atoms with Crippen molar-refractivity contribution in [1.82, 2.24) is 19.9 Å². The van der Waals surface area contributed by atoms with Gasteiger partial charge in [0.15, 0.2) is 0 Å². The smallest absolute Gasteiger partial charge is 0.273 e. The van der Waals surface area contributed by atoms with E-state index in [1.807, 2.05) is 16.5 Å². The fraction of sp³-hybridized carbons (Fsp3) is 0.529. The Balaban J connectivity index is 1.58. The van der Waals surface area contributed by atoms with Crippen LogP contribution in [0.1, 0.15) is 53.6 Å². The van der Waals surface area contributed by atoms with E-state index >= 15 is 0 Å². The SMILES string of the molecule is O=C(c1ccnc(N2CCCC2)n1)N1CCCC[C@@H]1c1nccs1. The van der Waals surface area contributed by atoms with Gasteiger partial charge in [-0.15, -0.1) is 11.3 Å². The normalized spacial score (nSPS) is 21.2. The Morgan fingerprint density at radius 1 is 1.08 bits per heavy atom. The second kappa shape index (κ2) is 6.84. The first-order chi connectivity index (χ1) is 11.8. The van der Waals surface area contributed by atoms with Gasteiger partial charge in [0.25, 0.3) is 5.91 Å². The van der Waals surface area contributed by atoms with Gasteiger partial charge in [0.05, 0.1) is 6.04 Å². The van der Waals surface area contributed by atoms with Crippen LogP contribution in [0.5, 0.6) is 0 Å². The Hall–Kier alpha value is -2.02. The Bertz CT molecular complexity index is 699. The molecule has 6 nitrogen and oxygen atoms in total. The van der Waals surface area contributed by atoms with Gasteiger partial charge in [0.1, 0.15) is 10.7 Å². The molecule has 1 amide bonds. The maximum Gasteiger partial charge on any atom is 0.273 e. The molecule has 0 saturated carbocycles. The molecule has 2 aliphatic rings. The van der Waals surface area contributed by atoms with E-state index < -0.39 is 0 Å². The first kappa shape index (κ1) is 15.5. The van der Waals surface area contributed by atoms with Crippen LogP contribution in [0.2, 0.25) is 0 Å². The molecule has 4 heterocycles. The summed E-state index contributed by atoms with van der Waals surface area (Å²) >= 11 is 1.62. The van der Waals surface area contributed by atoms with E-state index in [1.165, 1.54) is 12.8 Å². The number of amides is 1. The number of piperidine rings is 1. The maximum atomic E-state index is 13.1. The Kier molecular flexibility index (Phi) is 4.42. The minimum Gasteiger partial charge on any atom is -0.341 e. The molecule has 0 radical (unpaired) electrons. The van der Waals surface area contributed by atoms with Crippen LogP contribution in [0.15, 0.2) is 23.8 Å². The van der Waals surface area contributed by atoms with Crippen molar-refractivity contribution in [1.29, 1.82) is 0 Å². The Morgan fingerprint density at radius 2 is 1.92 bits per heavy atom. The highest BCUT2D eigenvalue weighted by atomic mass is 32.1. The summed E-state index contributed by atoms with van der Waals surface area (Å²) in [7, 11) is 0. The first-order valence-corrected chi connectivity index (χ1v) is 9.49. The highest BCUT2D eigenvalue weighted by Crippen LogP contribution is 2.33. The monoisotopic (exact) mass is 343 g/mol. The number of carbonyl (C=O) groups is 1. The largest absolute Gasteiger partial charge is 0.341 e. The molecule has 0 N–H and O–H groups in total. The third kappa shape index (κ3) is 3.00. The second-order valence-electron chi connectivity index (χ2n) is 6.32. The number of nitrogens with zero attached hydrogens (tertiary/aromatic N) is 5. The van der Waals surface area contributed by atoms with E-state index in [-0.39, 0.29) is 11.9 Å². The van der Waals surface area contributed by atoms with Crippen LogP contribution in [-0.4, -0.2) is 45.4 Å². The predicted molar refractivity (Wildman–Crippen MR) is 93.2 cm³/mol. The van der Waals surface area contributed by atoms with E-state index in [0.29, 0.717) is 11.6 Å². The van der Waals surface area contributed by atoms with Crippen molar-refractivity contribution in [2.24, 2.45) is 0 Å². The van der Waals surface area contributed by atoms with Gasteiger partial charge in [-0.25, -0.2) is 15.0 Å². The van der Waals surface area contributed by atoms with Crippen molar-refractivity contribution in [3.05, 3.63) is 34.5 Å². The molecule has 0 unspecified atom stereocenters. The lowest BCUT2D eigenvalue weighted by molar-refractivity contribution is 0.0605. The third-order valence-electron chi connectivity index (χ3n) is 4.75. The first-order valence-electron chi connectivity index (χ1n) is 8.61. The van der Waals surface area contributed by atoms with E-state index in [9.17, 15) is 4.79 Å². The zero-order chi connectivity index (χ0) is 16.4. The molecule has 2 aromatic heterocycles. The summed E-state index contributed by atoms with van der Waals surface area (Å²) < 4.78 is 0. The van der Waals surface area contributed by atoms with Gasteiger partial charge in [-0.3, -0.25) is 4.79 Å². The lowest BCUT2D eigenvalue weighted by Crippen LogP contribution is -2.39. The summed E-state index contributed by atoms with van der Waals surface area (Å²) in [4.78, 5) is 30.5. The number of aromatic nitrogens is 3. The number of hydrogen-bond donors (Lipinski definition) is 0. The molecule has 1 atom stereocenters. The number of thiazole rings is 1. The van der Waals surface area contributed by atoms with Crippen molar-refractivity contribution in [2.75, 3.05) is 24.5 Å². The fourth-order valence-corrected chi connectivity index (χ4v) is 4.30. The van der Waals surface area contributed by atoms with Crippen molar-refractivity contribution in [2.45, 2.75) is 38.1 Å². The van der Waals surface area contributed by atoms with Crippen LogP contribution < -0.4 is 4.90 Å². The van der Waals surface area contributed by atoms with Gasteiger partial charge in [-0.05, 0) is 38.2 Å². The van der Waals surface area contributed by atoms with Gasteiger partial charge in [0.2, 0.25) is 5.95 Å².